The second-order valence-electron chi connectivity index (χ2n) is 3.11. The number of methoxy groups -OCH3 is 3. The van der Waals surface area contributed by atoms with Crippen molar-refractivity contribution in [2.24, 2.45) is 0 Å². The van der Waals surface area contributed by atoms with Crippen molar-refractivity contribution >= 4 is 0 Å². The first-order chi connectivity index (χ1) is 7.08. The lowest BCUT2D eigenvalue weighted by molar-refractivity contribution is -0.0178. The average Bonchev–Trinajstić information content (AvgIpc) is 2.20. The Morgan fingerprint density at radius 2 is 1.12 bits per heavy atom. The van der Waals surface area contributed by atoms with Gasteiger partial charge in [0.1, 0.15) is 6.10 Å². The van der Waals surface area contributed by atoms with Gasteiger partial charge < -0.3 is 19.1 Å². The van der Waals surface area contributed by atoms with Gasteiger partial charge in [0, 0.05) is 21.3 Å². The van der Waals surface area contributed by atoms with Crippen molar-refractivity contribution in [2.75, 3.05) is 55.7 Å². The average molecular weight is 239 g/mol. The van der Waals surface area contributed by atoms with E-state index in [0.29, 0.717) is 13.2 Å². The first-order valence-corrected chi connectivity index (χ1v) is 5.20. The number of hydrogen-bond acceptors (Lipinski definition) is 4. The van der Waals surface area contributed by atoms with Gasteiger partial charge >= 0.3 is 0 Å². The highest BCUT2D eigenvalue weighted by molar-refractivity contribution is 4.51. The van der Waals surface area contributed by atoms with Crippen LogP contribution in [-0.2, 0) is 14.2 Å². The van der Waals surface area contributed by atoms with Crippen LogP contribution in [0.25, 0.3) is 0 Å². The van der Waals surface area contributed by atoms with Crippen LogP contribution in [0.2, 0.25) is 0 Å². The van der Waals surface area contributed by atoms with Gasteiger partial charge in [0.25, 0.3) is 0 Å². The first kappa shape index (κ1) is 24.9. The van der Waals surface area contributed by atoms with Crippen molar-refractivity contribution in [1.29, 1.82) is 0 Å². The Labute approximate surface area is 103 Å². The minimum Gasteiger partial charge on any atom is -0.382 e. The first-order valence-electron chi connectivity index (χ1n) is 5.20. The molecule has 104 valence electrons. The Morgan fingerprint density at radius 3 is 1.25 bits per heavy atom. The van der Waals surface area contributed by atoms with Crippen molar-refractivity contribution < 1.29 is 14.2 Å². The highest BCUT2D eigenvalue weighted by Crippen LogP contribution is 1.89. The van der Waals surface area contributed by atoms with Gasteiger partial charge in [-0.3, -0.25) is 0 Å². The van der Waals surface area contributed by atoms with E-state index in [0.717, 1.165) is 0 Å². The zero-order valence-electron chi connectivity index (χ0n) is 11.7. The highest BCUT2D eigenvalue weighted by atomic mass is 16.5. The number of ether oxygens (including phenoxy) is 3. The summed E-state index contributed by atoms with van der Waals surface area (Å²) >= 11 is 0. The molecule has 0 heterocycles. The second kappa shape index (κ2) is 24.2. The quantitative estimate of drug-likeness (QED) is 0.735. The van der Waals surface area contributed by atoms with E-state index in [1.807, 2.05) is 39.9 Å². The molecule has 0 aliphatic carbocycles. The van der Waals surface area contributed by atoms with Crippen LogP contribution in [0.15, 0.2) is 0 Å². The summed E-state index contributed by atoms with van der Waals surface area (Å²) in [5.41, 5.74) is 0. The molecule has 0 unspecified atom stereocenters. The Bertz CT molecular complexity index is 81.6. The van der Waals surface area contributed by atoms with Gasteiger partial charge in [-0.05, 0) is 21.1 Å². The fraction of sp³-hybridized carbons (Fsp3) is 1.00. The zero-order valence-corrected chi connectivity index (χ0v) is 11.7. The molecule has 0 spiro atoms. The Kier molecular flexibility index (Phi) is 37.6. The molecule has 0 amide bonds. The van der Waals surface area contributed by atoms with E-state index in [1.54, 1.807) is 21.3 Å². The highest BCUT2D eigenvalue weighted by Gasteiger charge is 2.03. The van der Waals surface area contributed by atoms with Crippen LogP contribution in [0, 0.1) is 0 Å². The van der Waals surface area contributed by atoms with Gasteiger partial charge in [-0.15, -0.1) is 0 Å². The molecule has 0 radical (unpaired) electrons. The van der Waals surface area contributed by atoms with Gasteiger partial charge in [-0.2, -0.15) is 0 Å². The van der Waals surface area contributed by atoms with E-state index in [9.17, 15) is 0 Å². The van der Waals surface area contributed by atoms with Crippen LogP contribution in [0.3, 0.4) is 0 Å². The maximum Gasteiger partial charge on any atom is 0.104 e. The van der Waals surface area contributed by atoms with E-state index in [-0.39, 0.29) is 13.5 Å². The van der Waals surface area contributed by atoms with Crippen LogP contribution in [0.5, 0.6) is 0 Å². The van der Waals surface area contributed by atoms with Crippen molar-refractivity contribution in [3.8, 4) is 0 Å². The maximum atomic E-state index is 4.98. The second-order valence-corrected chi connectivity index (χ2v) is 3.11. The fourth-order valence-corrected chi connectivity index (χ4v) is 0.556. The summed E-state index contributed by atoms with van der Waals surface area (Å²) in [5.74, 6) is 0. The topological polar surface area (TPSA) is 30.9 Å². The predicted octanol–water partition coefficient (Wildman–Crippen LogP) is 2.13. The number of hydrogen-bond donors (Lipinski definition) is 0. The molecule has 0 fully saturated rings. The molecule has 0 atom stereocenters. The van der Waals surface area contributed by atoms with E-state index < -0.39 is 0 Å². The molecule has 0 aromatic heterocycles. The molecule has 0 rings (SSSR count). The Hall–Kier alpha value is -0.160. The minimum absolute atomic E-state index is 0. The summed E-state index contributed by atoms with van der Waals surface area (Å²) in [5, 5.41) is 0. The van der Waals surface area contributed by atoms with Crippen LogP contribution in [0.1, 0.15) is 21.3 Å². The van der Waals surface area contributed by atoms with Crippen molar-refractivity contribution in [1.82, 2.24) is 4.90 Å². The SMILES string of the molecule is C.CC.CN(C)C.COCC(COC)OC. The van der Waals surface area contributed by atoms with Crippen LogP contribution < -0.4 is 0 Å². The summed E-state index contributed by atoms with van der Waals surface area (Å²) in [7, 11) is 10.9. The van der Waals surface area contributed by atoms with Gasteiger partial charge in [0.2, 0.25) is 0 Å². The molecule has 0 saturated heterocycles. The van der Waals surface area contributed by atoms with E-state index in [1.165, 1.54) is 0 Å². The van der Waals surface area contributed by atoms with Crippen LogP contribution in [-0.4, -0.2) is 66.7 Å². The monoisotopic (exact) mass is 239 g/mol. The maximum absolute atomic E-state index is 4.98. The van der Waals surface area contributed by atoms with E-state index in [2.05, 4.69) is 0 Å². The summed E-state index contributed by atoms with van der Waals surface area (Å²) in [6, 6.07) is 0. The van der Waals surface area contributed by atoms with Crippen molar-refractivity contribution in [3.63, 3.8) is 0 Å². The molecule has 0 N–H and O–H groups in total. The Balaban J connectivity index is -0.0000000879. The fourth-order valence-electron chi connectivity index (χ4n) is 0.556. The molecule has 4 nitrogen and oxygen atoms in total. The van der Waals surface area contributed by atoms with E-state index >= 15 is 0 Å². The third kappa shape index (κ3) is 37.1. The third-order valence-electron chi connectivity index (χ3n) is 1.04. The molecule has 0 aliphatic rings. The summed E-state index contributed by atoms with van der Waals surface area (Å²) in [6.07, 6.45) is 0.0694. The minimum atomic E-state index is 0. The zero-order chi connectivity index (χ0) is 12.7. The molecule has 0 aliphatic heterocycles. The lowest BCUT2D eigenvalue weighted by atomic mass is 10.4. The largest absolute Gasteiger partial charge is 0.382 e. The van der Waals surface area contributed by atoms with Crippen LogP contribution >= 0.6 is 0 Å². The standard InChI is InChI=1S/C6H14O3.C3H9N.C2H6.CH4/c1-7-4-6(9-3)5-8-2;1-4(2)3;1-2;/h6H,4-5H2,1-3H3;1-3H3;1-2H3;1H4. The normalized spacial score (nSPS) is 8.62. The molecule has 0 saturated carbocycles. The lowest BCUT2D eigenvalue weighted by Gasteiger charge is -2.11. The lowest BCUT2D eigenvalue weighted by Crippen LogP contribution is -2.22. The predicted molar refractivity (Wildman–Crippen MR) is 72.2 cm³/mol. The Morgan fingerprint density at radius 1 is 0.875 bits per heavy atom. The van der Waals surface area contributed by atoms with E-state index in [4.69, 9.17) is 14.2 Å². The molecular formula is C12H33NO3. The van der Waals surface area contributed by atoms with Crippen molar-refractivity contribution in [3.05, 3.63) is 0 Å². The summed E-state index contributed by atoms with van der Waals surface area (Å²) < 4.78 is 14.7. The number of nitrogens with zero attached hydrogens (tertiary/aromatic N) is 1. The third-order valence-corrected chi connectivity index (χ3v) is 1.04. The molecule has 0 aromatic rings. The van der Waals surface area contributed by atoms with Gasteiger partial charge in [0.05, 0.1) is 13.2 Å². The molecule has 4 heteroatoms. The van der Waals surface area contributed by atoms with Gasteiger partial charge in [-0.1, -0.05) is 21.3 Å². The summed E-state index contributed by atoms with van der Waals surface area (Å²) in [6.45, 7) is 5.18. The molecule has 16 heavy (non-hydrogen) atoms. The van der Waals surface area contributed by atoms with Gasteiger partial charge in [-0.25, -0.2) is 0 Å². The smallest absolute Gasteiger partial charge is 0.104 e. The van der Waals surface area contributed by atoms with Crippen molar-refractivity contribution in [2.45, 2.75) is 27.4 Å². The van der Waals surface area contributed by atoms with Gasteiger partial charge in [0.15, 0.2) is 0 Å². The molecule has 0 bridgehead atoms. The van der Waals surface area contributed by atoms with Crippen LogP contribution in [0.4, 0.5) is 0 Å². The summed E-state index contributed by atoms with van der Waals surface area (Å²) in [4.78, 5) is 2.00. The molecule has 0 aromatic carbocycles. The number of rotatable bonds is 5. The molecular weight excluding hydrogens is 206 g/mol.